The zero-order valence-corrected chi connectivity index (χ0v) is 13.5. The van der Waals surface area contributed by atoms with Crippen LogP contribution in [0, 0.1) is 5.92 Å². The van der Waals surface area contributed by atoms with E-state index in [1.807, 2.05) is 4.90 Å². The molecule has 0 radical (unpaired) electrons. The van der Waals surface area contributed by atoms with Gasteiger partial charge in [0.15, 0.2) is 5.15 Å². The number of aromatic nitrogens is 2. The van der Waals surface area contributed by atoms with Crippen molar-refractivity contribution in [3.8, 4) is 5.88 Å². The molecule has 22 heavy (non-hydrogen) atoms. The predicted molar refractivity (Wildman–Crippen MR) is 82.9 cm³/mol. The van der Waals surface area contributed by atoms with Gasteiger partial charge < -0.3 is 9.64 Å². The van der Waals surface area contributed by atoms with Crippen LogP contribution in [0.4, 0.5) is 0 Å². The average Bonchev–Trinajstić information content (AvgIpc) is 2.46. The highest BCUT2D eigenvalue weighted by Gasteiger charge is 2.34. The van der Waals surface area contributed by atoms with Crippen LogP contribution < -0.4 is 4.74 Å². The lowest BCUT2D eigenvalue weighted by Crippen LogP contribution is -2.56. The Morgan fingerprint density at radius 2 is 2.09 bits per heavy atom. The summed E-state index contributed by atoms with van der Waals surface area (Å²) in [5.74, 6) is 1.21. The van der Waals surface area contributed by atoms with Crippen LogP contribution in [0.15, 0.2) is 12.4 Å². The van der Waals surface area contributed by atoms with Crippen molar-refractivity contribution < 1.29 is 9.53 Å². The molecule has 0 atom stereocenters. The van der Waals surface area contributed by atoms with Gasteiger partial charge in [-0.25, -0.2) is 0 Å². The Kier molecular flexibility index (Phi) is 4.78. The standard InChI is InChI=1S/C15H21ClN4O2/c1-11(21)19-4-2-13(3-5-19)20-8-12(9-20)10-22-15-7-17-6-14(16)18-15/h6-7,12-13H,2-5,8-10H2,1H3. The quantitative estimate of drug-likeness (QED) is 0.839. The molecular weight excluding hydrogens is 304 g/mol. The molecule has 3 rings (SSSR count). The normalized spacial score (nSPS) is 20.7. The van der Waals surface area contributed by atoms with Gasteiger partial charge in [0.1, 0.15) is 0 Å². The number of carbonyl (C=O) groups is 1. The molecule has 1 aromatic heterocycles. The molecule has 120 valence electrons. The predicted octanol–water partition coefficient (Wildman–Crippen LogP) is 1.45. The third kappa shape index (κ3) is 3.67. The second-order valence-electron chi connectivity index (χ2n) is 6.05. The minimum atomic E-state index is 0.191. The minimum Gasteiger partial charge on any atom is -0.476 e. The number of ether oxygens (including phenoxy) is 1. The fourth-order valence-electron chi connectivity index (χ4n) is 3.16. The summed E-state index contributed by atoms with van der Waals surface area (Å²) in [7, 11) is 0. The van der Waals surface area contributed by atoms with Gasteiger partial charge in [-0.15, -0.1) is 0 Å². The smallest absolute Gasteiger partial charge is 0.233 e. The molecule has 2 fully saturated rings. The first-order valence-electron chi connectivity index (χ1n) is 7.71. The second kappa shape index (κ2) is 6.79. The van der Waals surface area contributed by atoms with E-state index in [0.717, 1.165) is 39.0 Å². The monoisotopic (exact) mass is 324 g/mol. The summed E-state index contributed by atoms with van der Waals surface area (Å²) in [4.78, 5) is 23.8. The lowest BCUT2D eigenvalue weighted by Gasteiger charge is -2.46. The van der Waals surface area contributed by atoms with E-state index in [4.69, 9.17) is 16.3 Å². The number of nitrogens with zero attached hydrogens (tertiary/aromatic N) is 4. The van der Waals surface area contributed by atoms with Crippen molar-refractivity contribution in [2.24, 2.45) is 5.92 Å². The molecule has 1 aromatic rings. The number of carbonyl (C=O) groups excluding carboxylic acids is 1. The molecule has 1 amide bonds. The van der Waals surface area contributed by atoms with E-state index in [2.05, 4.69) is 14.9 Å². The van der Waals surface area contributed by atoms with Gasteiger partial charge >= 0.3 is 0 Å². The summed E-state index contributed by atoms with van der Waals surface area (Å²) in [6.45, 7) is 6.18. The van der Waals surface area contributed by atoms with Crippen molar-refractivity contribution in [3.63, 3.8) is 0 Å². The molecule has 2 aliphatic heterocycles. The van der Waals surface area contributed by atoms with Gasteiger partial charge in [0.05, 0.1) is 19.0 Å². The molecule has 7 heteroatoms. The van der Waals surface area contributed by atoms with Crippen molar-refractivity contribution >= 4 is 17.5 Å². The zero-order valence-electron chi connectivity index (χ0n) is 12.7. The average molecular weight is 325 g/mol. The Morgan fingerprint density at radius 3 is 2.73 bits per heavy atom. The molecule has 3 heterocycles. The molecule has 0 N–H and O–H groups in total. The van der Waals surface area contributed by atoms with Gasteiger partial charge in [-0.2, -0.15) is 4.98 Å². The maximum absolute atomic E-state index is 11.3. The van der Waals surface area contributed by atoms with E-state index >= 15 is 0 Å². The van der Waals surface area contributed by atoms with Crippen molar-refractivity contribution in [1.29, 1.82) is 0 Å². The molecular formula is C15H21ClN4O2. The second-order valence-corrected chi connectivity index (χ2v) is 6.44. The van der Waals surface area contributed by atoms with E-state index in [1.165, 1.54) is 6.20 Å². The first-order chi connectivity index (χ1) is 10.6. The highest BCUT2D eigenvalue weighted by molar-refractivity contribution is 6.29. The molecule has 0 unspecified atom stereocenters. The molecule has 0 spiro atoms. The van der Waals surface area contributed by atoms with E-state index in [0.29, 0.717) is 29.6 Å². The summed E-state index contributed by atoms with van der Waals surface area (Å²) in [6, 6.07) is 0.609. The van der Waals surface area contributed by atoms with Gasteiger partial charge in [-0.05, 0) is 12.8 Å². The Bertz CT molecular complexity index is 528. The summed E-state index contributed by atoms with van der Waals surface area (Å²) in [5.41, 5.74) is 0. The van der Waals surface area contributed by atoms with Gasteiger partial charge in [0, 0.05) is 45.1 Å². The van der Waals surface area contributed by atoms with Crippen LogP contribution in [-0.2, 0) is 4.79 Å². The Morgan fingerprint density at radius 1 is 1.36 bits per heavy atom. The lowest BCUT2D eigenvalue weighted by atomic mass is 9.94. The number of piperidine rings is 1. The highest BCUT2D eigenvalue weighted by atomic mass is 35.5. The molecule has 0 aliphatic carbocycles. The van der Waals surface area contributed by atoms with E-state index in [9.17, 15) is 4.79 Å². The number of rotatable bonds is 4. The third-order valence-corrected chi connectivity index (χ3v) is 4.64. The summed E-state index contributed by atoms with van der Waals surface area (Å²) in [6.07, 6.45) is 5.23. The largest absolute Gasteiger partial charge is 0.476 e. The van der Waals surface area contributed by atoms with Crippen LogP contribution in [0.1, 0.15) is 19.8 Å². The van der Waals surface area contributed by atoms with Crippen molar-refractivity contribution in [2.75, 3.05) is 32.8 Å². The van der Waals surface area contributed by atoms with Crippen LogP contribution >= 0.6 is 11.6 Å². The maximum Gasteiger partial charge on any atom is 0.233 e. The van der Waals surface area contributed by atoms with E-state index in [1.54, 1.807) is 13.1 Å². The first kappa shape index (κ1) is 15.5. The molecule has 2 aliphatic rings. The molecule has 0 saturated carbocycles. The topological polar surface area (TPSA) is 58.6 Å². The van der Waals surface area contributed by atoms with Gasteiger partial charge in [-0.1, -0.05) is 11.6 Å². The number of amides is 1. The molecule has 6 nitrogen and oxygen atoms in total. The van der Waals surface area contributed by atoms with Gasteiger partial charge in [0.2, 0.25) is 11.8 Å². The molecule has 2 saturated heterocycles. The van der Waals surface area contributed by atoms with Crippen molar-refractivity contribution in [3.05, 3.63) is 17.5 Å². The van der Waals surface area contributed by atoms with Crippen LogP contribution in [0.2, 0.25) is 5.15 Å². The van der Waals surface area contributed by atoms with Crippen molar-refractivity contribution in [1.82, 2.24) is 19.8 Å². The lowest BCUT2D eigenvalue weighted by molar-refractivity contribution is -0.130. The zero-order chi connectivity index (χ0) is 15.5. The van der Waals surface area contributed by atoms with E-state index in [-0.39, 0.29) is 5.91 Å². The van der Waals surface area contributed by atoms with Crippen LogP contribution in [-0.4, -0.2) is 64.5 Å². The minimum absolute atomic E-state index is 0.191. The number of likely N-dealkylation sites (tertiary alicyclic amines) is 2. The number of hydrogen-bond acceptors (Lipinski definition) is 5. The number of hydrogen-bond donors (Lipinski definition) is 0. The fraction of sp³-hybridized carbons (Fsp3) is 0.667. The summed E-state index contributed by atoms with van der Waals surface area (Å²) < 4.78 is 5.64. The van der Waals surface area contributed by atoms with Gasteiger partial charge in [-0.3, -0.25) is 14.7 Å². The Hall–Kier alpha value is -1.40. The maximum atomic E-state index is 11.3. The summed E-state index contributed by atoms with van der Waals surface area (Å²) >= 11 is 5.78. The van der Waals surface area contributed by atoms with E-state index < -0.39 is 0 Å². The van der Waals surface area contributed by atoms with Gasteiger partial charge in [0.25, 0.3) is 0 Å². The highest BCUT2D eigenvalue weighted by Crippen LogP contribution is 2.25. The number of halogens is 1. The summed E-state index contributed by atoms with van der Waals surface area (Å²) in [5, 5.41) is 0.352. The Balaban J connectivity index is 1.37. The molecule has 0 bridgehead atoms. The first-order valence-corrected chi connectivity index (χ1v) is 8.09. The fourth-order valence-corrected chi connectivity index (χ4v) is 3.30. The van der Waals surface area contributed by atoms with Crippen LogP contribution in [0.5, 0.6) is 5.88 Å². The van der Waals surface area contributed by atoms with Crippen molar-refractivity contribution in [2.45, 2.75) is 25.8 Å². The Labute approximate surface area is 135 Å². The SMILES string of the molecule is CC(=O)N1CCC(N2CC(COc3cncc(Cl)n3)C2)CC1. The van der Waals surface area contributed by atoms with Crippen LogP contribution in [0.3, 0.4) is 0 Å². The molecule has 0 aromatic carbocycles. The van der Waals surface area contributed by atoms with Crippen LogP contribution in [0.25, 0.3) is 0 Å². The third-order valence-electron chi connectivity index (χ3n) is 4.46.